The summed E-state index contributed by atoms with van der Waals surface area (Å²) in [5.41, 5.74) is 1.58. The highest BCUT2D eigenvalue weighted by Gasteiger charge is 2.62. The molecule has 0 bridgehead atoms. The average Bonchev–Trinajstić information content (AvgIpc) is 3.33. The first-order chi connectivity index (χ1) is 14.2. The normalized spacial score (nSPS) is 24.6. The first kappa shape index (κ1) is 18.4. The lowest BCUT2D eigenvalue weighted by atomic mass is 9.59. The molecule has 1 atom stereocenters. The van der Waals surface area contributed by atoms with Gasteiger partial charge >= 0.3 is 0 Å². The van der Waals surface area contributed by atoms with Gasteiger partial charge in [-0.15, -0.1) is 0 Å². The number of piperidine rings is 1. The Labute approximate surface area is 170 Å². The minimum Gasteiger partial charge on any atom is -0.472 e. The molecule has 2 saturated heterocycles. The molecule has 0 radical (unpaired) electrons. The summed E-state index contributed by atoms with van der Waals surface area (Å²) in [5.74, 6) is 0.347. The first-order valence-corrected chi connectivity index (χ1v) is 10.7. The minimum atomic E-state index is -0.219. The van der Waals surface area contributed by atoms with Crippen LogP contribution in [-0.4, -0.2) is 45.7 Å². The lowest BCUT2D eigenvalue weighted by Gasteiger charge is -2.61. The molecule has 1 unspecified atom stereocenters. The molecule has 6 nitrogen and oxygen atoms in total. The fourth-order valence-corrected chi connectivity index (χ4v) is 5.68. The number of amides is 2. The van der Waals surface area contributed by atoms with Gasteiger partial charge in [-0.3, -0.25) is 14.6 Å². The summed E-state index contributed by atoms with van der Waals surface area (Å²) in [6.07, 6.45) is 13.8. The van der Waals surface area contributed by atoms with Crippen molar-refractivity contribution in [1.82, 2.24) is 14.8 Å². The summed E-state index contributed by atoms with van der Waals surface area (Å²) < 4.78 is 5.05. The van der Waals surface area contributed by atoms with Crippen LogP contribution in [0, 0.1) is 5.41 Å². The Balaban J connectivity index is 1.34. The van der Waals surface area contributed by atoms with Crippen molar-refractivity contribution >= 4 is 11.8 Å². The first-order valence-electron chi connectivity index (χ1n) is 10.7. The van der Waals surface area contributed by atoms with Crippen LogP contribution < -0.4 is 0 Å². The lowest BCUT2D eigenvalue weighted by molar-refractivity contribution is -0.186. The molecular formula is C23H27N3O3. The van der Waals surface area contributed by atoms with Crippen LogP contribution in [0.2, 0.25) is 0 Å². The molecular weight excluding hydrogens is 366 g/mol. The van der Waals surface area contributed by atoms with E-state index in [1.165, 1.54) is 24.5 Å². The van der Waals surface area contributed by atoms with Crippen LogP contribution >= 0.6 is 0 Å². The molecule has 6 heteroatoms. The second-order valence-electron chi connectivity index (χ2n) is 8.65. The molecule has 1 spiro atoms. The zero-order valence-corrected chi connectivity index (χ0v) is 16.6. The highest BCUT2D eigenvalue weighted by Crippen LogP contribution is 2.59. The van der Waals surface area contributed by atoms with Crippen molar-refractivity contribution in [3.63, 3.8) is 0 Å². The second kappa shape index (κ2) is 7.32. The van der Waals surface area contributed by atoms with Crippen molar-refractivity contribution in [1.29, 1.82) is 0 Å². The van der Waals surface area contributed by atoms with Gasteiger partial charge in [-0.1, -0.05) is 19.3 Å². The molecule has 29 heavy (non-hydrogen) atoms. The van der Waals surface area contributed by atoms with E-state index in [0.717, 1.165) is 38.5 Å². The van der Waals surface area contributed by atoms with Crippen molar-refractivity contribution in [2.45, 2.75) is 57.0 Å². The van der Waals surface area contributed by atoms with Crippen LogP contribution in [0.25, 0.3) is 0 Å². The Bertz CT molecular complexity index is 866. The van der Waals surface area contributed by atoms with Crippen LogP contribution in [0.4, 0.5) is 0 Å². The number of rotatable bonds is 3. The molecule has 3 aliphatic rings. The van der Waals surface area contributed by atoms with Gasteiger partial charge in [0.25, 0.3) is 5.91 Å². The van der Waals surface area contributed by atoms with Crippen molar-refractivity contribution in [2.75, 3.05) is 13.1 Å². The Hall–Kier alpha value is -2.63. The van der Waals surface area contributed by atoms with E-state index in [4.69, 9.17) is 4.42 Å². The highest BCUT2D eigenvalue weighted by atomic mass is 16.3. The van der Waals surface area contributed by atoms with E-state index in [9.17, 15) is 9.59 Å². The zero-order valence-electron chi connectivity index (χ0n) is 16.6. The Morgan fingerprint density at radius 3 is 2.45 bits per heavy atom. The van der Waals surface area contributed by atoms with E-state index in [0.29, 0.717) is 24.6 Å². The van der Waals surface area contributed by atoms with Crippen LogP contribution in [0.15, 0.2) is 47.5 Å². The molecule has 2 amide bonds. The fourth-order valence-electron chi connectivity index (χ4n) is 5.68. The molecule has 0 aromatic carbocycles. The lowest BCUT2D eigenvalue weighted by Crippen LogP contribution is -2.67. The predicted octanol–water partition coefficient (Wildman–Crippen LogP) is 3.81. The summed E-state index contributed by atoms with van der Waals surface area (Å²) >= 11 is 0. The molecule has 5 rings (SSSR count). The van der Waals surface area contributed by atoms with E-state index in [-0.39, 0.29) is 23.4 Å². The van der Waals surface area contributed by atoms with Gasteiger partial charge < -0.3 is 14.2 Å². The number of β-lactam (4-membered cyclic amide) rings is 1. The van der Waals surface area contributed by atoms with Crippen molar-refractivity contribution in [3.8, 4) is 0 Å². The summed E-state index contributed by atoms with van der Waals surface area (Å²) in [5, 5.41) is 0. The SMILES string of the molecule is O=C(c1ccoc1)N1CCC(N2C(=O)C3(CCCCC3)C2c2ccncc2)CC1. The van der Waals surface area contributed by atoms with Crippen LogP contribution in [-0.2, 0) is 4.79 Å². The van der Waals surface area contributed by atoms with Gasteiger partial charge in [-0.05, 0) is 49.4 Å². The number of carbonyl (C=O) groups excluding carboxylic acids is 2. The van der Waals surface area contributed by atoms with Gasteiger partial charge in [0.1, 0.15) is 6.26 Å². The minimum absolute atomic E-state index is 0.0153. The smallest absolute Gasteiger partial charge is 0.257 e. The maximum absolute atomic E-state index is 13.4. The van der Waals surface area contributed by atoms with Gasteiger partial charge in [-0.25, -0.2) is 0 Å². The molecule has 2 aromatic heterocycles. The standard InChI is InChI=1S/C23H27N3O3/c27-21(18-8-15-29-16-18)25-13-6-19(7-14-25)26-20(17-4-11-24-12-5-17)23(22(26)28)9-2-1-3-10-23/h4-5,8,11-12,15-16,19-20H,1-3,6-7,9-10,13-14H2. The number of pyridine rings is 1. The van der Waals surface area contributed by atoms with Crippen LogP contribution in [0.5, 0.6) is 0 Å². The largest absolute Gasteiger partial charge is 0.472 e. The van der Waals surface area contributed by atoms with Crippen molar-refractivity contribution in [3.05, 3.63) is 54.2 Å². The highest BCUT2D eigenvalue weighted by molar-refractivity contribution is 5.94. The summed E-state index contributed by atoms with van der Waals surface area (Å²) in [6, 6.07) is 6.19. The van der Waals surface area contributed by atoms with Gasteiger partial charge in [0.15, 0.2) is 0 Å². The number of hydrogen-bond donors (Lipinski definition) is 0. The van der Waals surface area contributed by atoms with Gasteiger partial charge in [0.2, 0.25) is 5.91 Å². The fraction of sp³-hybridized carbons (Fsp3) is 0.522. The number of hydrogen-bond acceptors (Lipinski definition) is 4. The molecule has 3 fully saturated rings. The van der Waals surface area contributed by atoms with Gasteiger partial charge in [0, 0.05) is 31.5 Å². The number of furan rings is 1. The van der Waals surface area contributed by atoms with Gasteiger partial charge in [-0.2, -0.15) is 0 Å². The number of aromatic nitrogens is 1. The third-order valence-corrected chi connectivity index (χ3v) is 7.14. The molecule has 2 aromatic rings. The van der Waals surface area contributed by atoms with E-state index in [1.54, 1.807) is 6.07 Å². The number of likely N-dealkylation sites (tertiary alicyclic amines) is 2. The summed E-state index contributed by atoms with van der Waals surface area (Å²) in [4.78, 5) is 34.2. The van der Waals surface area contributed by atoms with Crippen LogP contribution in [0.1, 0.15) is 66.9 Å². The number of nitrogens with zero attached hydrogens (tertiary/aromatic N) is 3. The molecule has 1 saturated carbocycles. The maximum atomic E-state index is 13.4. The average molecular weight is 393 g/mol. The predicted molar refractivity (Wildman–Crippen MR) is 107 cm³/mol. The van der Waals surface area contributed by atoms with Gasteiger partial charge in [0.05, 0.1) is 23.3 Å². The molecule has 1 aliphatic carbocycles. The quantitative estimate of drug-likeness (QED) is 0.744. The third-order valence-electron chi connectivity index (χ3n) is 7.14. The van der Waals surface area contributed by atoms with E-state index in [1.807, 2.05) is 17.3 Å². The maximum Gasteiger partial charge on any atom is 0.257 e. The topological polar surface area (TPSA) is 66.7 Å². The molecule has 4 heterocycles. The Morgan fingerprint density at radius 1 is 1.07 bits per heavy atom. The molecule has 2 aliphatic heterocycles. The number of carbonyl (C=O) groups is 2. The third kappa shape index (κ3) is 2.96. The Morgan fingerprint density at radius 2 is 1.79 bits per heavy atom. The monoisotopic (exact) mass is 393 g/mol. The summed E-state index contributed by atoms with van der Waals surface area (Å²) in [7, 11) is 0. The Kier molecular flexibility index (Phi) is 4.64. The second-order valence-corrected chi connectivity index (χ2v) is 8.65. The molecule has 0 N–H and O–H groups in total. The van der Waals surface area contributed by atoms with Crippen molar-refractivity contribution < 1.29 is 14.0 Å². The van der Waals surface area contributed by atoms with Crippen molar-refractivity contribution in [2.24, 2.45) is 5.41 Å². The van der Waals surface area contributed by atoms with E-state index < -0.39 is 0 Å². The van der Waals surface area contributed by atoms with Crippen LogP contribution in [0.3, 0.4) is 0 Å². The summed E-state index contributed by atoms with van der Waals surface area (Å²) in [6.45, 7) is 1.35. The zero-order chi connectivity index (χ0) is 19.8. The molecule has 152 valence electrons. The van der Waals surface area contributed by atoms with E-state index >= 15 is 0 Å². The van der Waals surface area contributed by atoms with E-state index in [2.05, 4.69) is 22.0 Å².